The highest BCUT2D eigenvalue weighted by atomic mass is 35.5. The van der Waals surface area contributed by atoms with Crippen LogP contribution in [0.15, 0.2) is 12.1 Å². The van der Waals surface area contributed by atoms with Gasteiger partial charge in [0.25, 0.3) is 0 Å². The van der Waals surface area contributed by atoms with Crippen LogP contribution in [-0.2, 0) is 11.8 Å². The molecule has 5 nitrogen and oxygen atoms in total. The topological polar surface area (TPSA) is 67.2 Å². The number of halogens is 2. The molecule has 172 valence electrons. The second kappa shape index (κ2) is 8.25. The molecule has 2 saturated carbocycles. The lowest BCUT2D eigenvalue weighted by Crippen LogP contribution is -2.74. The molecule has 4 aliphatic rings. The first kappa shape index (κ1) is 22.1. The molecule has 0 radical (unpaired) electrons. The van der Waals surface area contributed by atoms with Crippen molar-refractivity contribution in [2.75, 3.05) is 37.9 Å². The first-order chi connectivity index (χ1) is 14.9. The molecule has 7 heteroatoms. The lowest BCUT2D eigenvalue weighted by atomic mass is 9.48. The van der Waals surface area contributed by atoms with Gasteiger partial charge in [0.2, 0.25) is 0 Å². The van der Waals surface area contributed by atoms with Crippen molar-refractivity contribution in [2.45, 2.75) is 68.0 Å². The lowest BCUT2D eigenvalue weighted by Gasteiger charge is -2.65. The molecule has 3 aliphatic carbocycles. The summed E-state index contributed by atoms with van der Waals surface area (Å²) in [5.74, 6) is 1.74. The molecule has 4 atom stereocenters. The number of likely N-dealkylation sites (tertiary alicyclic amines) is 1. The first-order valence-corrected chi connectivity index (χ1v) is 12.9. The molecule has 1 aliphatic heterocycles. The Morgan fingerprint density at radius 1 is 1.06 bits per heavy atom. The van der Waals surface area contributed by atoms with Gasteiger partial charge < -0.3 is 15.3 Å². The summed E-state index contributed by atoms with van der Waals surface area (Å²) in [6.45, 7) is 3.53. The number of piperidine rings is 1. The normalized spacial score (nSPS) is 35.1. The van der Waals surface area contributed by atoms with Crippen molar-refractivity contribution in [1.29, 1.82) is 0 Å². The average molecular weight is 469 g/mol. The number of hydrogen-bond donors (Lipinski definition) is 3. The van der Waals surface area contributed by atoms with Crippen molar-refractivity contribution in [3.63, 3.8) is 0 Å². The highest BCUT2D eigenvalue weighted by Crippen LogP contribution is 2.61. The van der Waals surface area contributed by atoms with Gasteiger partial charge in [-0.25, -0.2) is 0 Å². The zero-order valence-electron chi connectivity index (χ0n) is 18.1. The second-order valence-corrected chi connectivity index (χ2v) is 10.9. The summed E-state index contributed by atoms with van der Waals surface area (Å²) in [6.07, 6.45) is 6.47. The van der Waals surface area contributed by atoms with E-state index < -0.39 is 11.0 Å². The Labute approximate surface area is 194 Å². The Kier molecular flexibility index (Phi) is 5.88. The number of phenols is 2. The number of benzene rings is 1. The molecular weight excluding hydrogens is 435 g/mol. The third-order valence-corrected chi connectivity index (χ3v) is 9.01. The van der Waals surface area contributed by atoms with Crippen molar-refractivity contribution in [1.82, 2.24) is 9.80 Å². The third kappa shape index (κ3) is 3.47. The molecule has 1 aromatic rings. The van der Waals surface area contributed by atoms with E-state index in [0.29, 0.717) is 18.2 Å². The van der Waals surface area contributed by atoms with E-state index in [1.165, 1.54) is 12.8 Å². The molecule has 5 rings (SSSR count). The number of hydrogen-bond acceptors (Lipinski definition) is 5. The maximum Gasteiger partial charge on any atom is 0.161 e. The molecule has 0 aromatic heterocycles. The molecule has 1 saturated heterocycles. The van der Waals surface area contributed by atoms with Gasteiger partial charge in [0.15, 0.2) is 11.5 Å². The minimum atomic E-state index is -0.900. The van der Waals surface area contributed by atoms with E-state index in [1.54, 1.807) is 6.07 Å². The van der Waals surface area contributed by atoms with E-state index in [-0.39, 0.29) is 23.6 Å². The second-order valence-electron chi connectivity index (χ2n) is 10.2. The van der Waals surface area contributed by atoms with Gasteiger partial charge in [-0.15, -0.1) is 23.2 Å². The zero-order valence-corrected chi connectivity index (χ0v) is 19.6. The lowest BCUT2D eigenvalue weighted by molar-refractivity contribution is -0.177. The minimum absolute atomic E-state index is 0.0353. The van der Waals surface area contributed by atoms with Gasteiger partial charge in [-0.1, -0.05) is 6.07 Å². The summed E-state index contributed by atoms with van der Waals surface area (Å²) >= 11 is 12.2. The summed E-state index contributed by atoms with van der Waals surface area (Å²) < 4.78 is 0. The van der Waals surface area contributed by atoms with E-state index >= 15 is 0 Å². The van der Waals surface area contributed by atoms with Crippen LogP contribution < -0.4 is 0 Å². The van der Waals surface area contributed by atoms with Gasteiger partial charge >= 0.3 is 0 Å². The van der Waals surface area contributed by atoms with Crippen LogP contribution in [0.3, 0.4) is 0 Å². The van der Waals surface area contributed by atoms with Gasteiger partial charge in [0.1, 0.15) is 0 Å². The van der Waals surface area contributed by atoms with Gasteiger partial charge in [0, 0.05) is 54.5 Å². The number of nitrogens with zero attached hydrogens (tertiary/aromatic N) is 2. The van der Waals surface area contributed by atoms with Crippen LogP contribution in [0.2, 0.25) is 0 Å². The average Bonchev–Trinajstić information content (AvgIpc) is 3.56. The maximum absolute atomic E-state index is 12.4. The summed E-state index contributed by atoms with van der Waals surface area (Å²) in [6, 6.07) is 3.87. The predicted octanol–water partition coefficient (Wildman–Crippen LogP) is 3.44. The van der Waals surface area contributed by atoms with Gasteiger partial charge in [0.05, 0.1) is 5.60 Å². The molecular formula is C24H34Cl2N2O3. The molecule has 0 amide bonds. The van der Waals surface area contributed by atoms with Gasteiger partial charge in [-0.3, -0.25) is 9.80 Å². The van der Waals surface area contributed by atoms with Gasteiger partial charge in [-0.05, 0) is 69.0 Å². The monoisotopic (exact) mass is 468 g/mol. The maximum atomic E-state index is 12.4. The van der Waals surface area contributed by atoms with E-state index in [4.69, 9.17) is 23.2 Å². The predicted molar refractivity (Wildman–Crippen MR) is 123 cm³/mol. The fraction of sp³-hybridized carbons (Fsp3) is 0.750. The molecule has 31 heavy (non-hydrogen) atoms. The van der Waals surface area contributed by atoms with Crippen molar-refractivity contribution in [2.24, 2.45) is 5.92 Å². The Bertz CT molecular complexity index is 829. The first-order valence-electron chi connectivity index (χ1n) is 11.8. The summed E-state index contributed by atoms with van der Waals surface area (Å²) in [7, 11) is 0. The fourth-order valence-electron chi connectivity index (χ4n) is 7.04. The highest BCUT2D eigenvalue weighted by Gasteiger charge is 2.66. The number of fused-ring (bicyclic) bond motifs is 1. The van der Waals surface area contributed by atoms with Crippen LogP contribution >= 0.6 is 23.2 Å². The highest BCUT2D eigenvalue weighted by molar-refractivity contribution is 6.18. The Morgan fingerprint density at radius 2 is 1.81 bits per heavy atom. The number of phenolic OH excluding ortho intramolecular Hbond substituents is 2. The fourth-order valence-corrected chi connectivity index (χ4v) is 7.47. The van der Waals surface area contributed by atoms with Crippen molar-refractivity contribution < 1.29 is 15.3 Å². The summed E-state index contributed by atoms with van der Waals surface area (Å²) in [4.78, 5) is 4.88. The van der Waals surface area contributed by atoms with Crippen molar-refractivity contribution in [3.8, 4) is 11.5 Å². The van der Waals surface area contributed by atoms with Crippen LogP contribution in [0, 0.1) is 5.92 Å². The SMILES string of the molecule is Oc1ccc2c(c1O)[C@@]13CCN(CC4CC4)[C@@H](C2)[C@@]1(O)CC[C@@H](N(CCCl)CCCl)C3. The summed E-state index contributed by atoms with van der Waals surface area (Å²) in [5, 5.41) is 33.8. The Morgan fingerprint density at radius 3 is 2.48 bits per heavy atom. The van der Waals surface area contributed by atoms with E-state index in [1.807, 2.05) is 6.07 Å². The number of aromatic hydroxyl groups is 2. The number of rotatable bonds is 7. The largest absolute Gasteiger partial charge is 0.504 e. The molecule has 1 aromatic carbocycles. The van der Waals surface area contributed by atoms with Crippen LogP contribution in [0.5, 0.6) is 11.5 Å². The van der Waals surface area contributed by atoms with Crippen molar-refractivity contribution in [3.05, 3.63) is 23.3 Å². The third-order valence-electron chi connectivity index (χ3n) is 8.67. The minimum Gasteiger partial charge on any atom is -0.504 e. The van der Waals surface area contributed by atoms with Gasteiger partial charge in [-0.2, -0.15) is 0 Å². The van der Waals surface area contributed by atoms with E-state index in [0.717, 1.165) is 68.9 Å². The molecule has 3 N–H and O–H groups in total. The van der Waals surface area contributed by atoms with Crippen molar-refractivity contribution >= 4 is 23.2 Å². The molecule has 1 heterocycles. The van der Waals surface area contributed by atoms with Crippen LogP contribution in [0.1, 0.15) is 49.7 Å². The molecule has 2 bridgehead atoms. The molecule has 0 spiro atoms. The van der Waals surface area contributed by atoms with E-state index in [2.05, 4.69) is 9.80 Å². The number of aliphatic hydroxyl groups is 1. The molecule has 3 fully saturated rings. The quantitative estimate of drug-likeness (QED) is 0.422. The van der Waals surface area contributed by atoms with Crippen LogP contribution in [-0.4, -0.2) is 80.7 Å². The Hall–Kier alpha value is -0.720. The Balaban J connectivity index is 1.58. The summed E-state index contributed by atoms with van der Waals surface area (Å²) in [5.41, 5.74) is 0.405. The number of alkyl halides is 2. The smallest absolute Gasteiger partial charge is 0.161 e. The molecule has 0 unspecified atom stereocenters. The zero-order chi connectivity index (χ0) is 21.8. The van der Waals surface area contributed by atoms with E-state index in [9.17, 15) is 15.3 Å². The van der Waals surface area contributed by atoms with Crippen LogP contribution in [0.4, 0.5) is 0 Å². The van der Waals surface area contributed by atoms with Crippen LogP contribution in [0.25, 0.3) is 0 Å². The standard InChI is InChI=1S/C24H34Cl2N2O3/c25-8-11-27(12-9-26)18-5-6-24(31)20-13-17-3-4-19(29)22(30)21(17)23(24,14-18)7-10-28(20)15-16-1-2-16/h3-4,16,18,20,29-31H,1-2,5-15H2/t18-,20+,23+,24+/m1/s1.